The molecule has 0 aliphatic rings. The predicted molar refractivity (Wildman–Crippen MR) is 101 cm³/mol. The molecule has 0 saturated heterocycles. The van der Waals surface area contributed by atoms with Crippen LogP contribution in [0.4, 0.5) is 13.2 Å². The second kappa shape index (κ2) is 7.67. The first-order chi connectivity index (χ1) is 12.8. The molecule has 1 atom stereocenters. The SMILES string of the molecule is C=S(CCCC)c1nc2nc(-c3ccc(OC)cc3)cc(C(F)(F)F)n2n1. The first kappa shape index (κ1) is 19.3. The van der Waals surface area contributed by atoms with Gasteiger partial charge in [0.05, 0.1) is 12.8 Å². The van der Waals surface area contributed by atoms with Gasteiger partial charge in [-0.15, -0.1) is 15.6 Å². The van der Waals surface area contributed by atoms with E-state index in [4.69, 9.17) is 4.74 Å². The number of methoxy groups -OCH3 is 1. The molecule has 1 aromatic carbocycles. The zero-order valence-electron chi connectivity index (χ0n) is 15.0. The van der Waals surface area contributed by atoms with Crippen LogP contribution in [0.3, 0.4) is 0 Å². The van der Waals surface area contributed by atoms with Crippen LogP contribution in [0, 0.1) is 0 Å². The van der Waals surface area contributed by atoms with Gasteiger partial charge in [0, 0.05) is 5.56 Å². The maximum atomic E-state index is 13.6. The summed E-state index contributed by atoms with van der Waals surface area (Å²) in [5, 5.41) is 4.35. The third-order valence-electron chi connectivity index (χ3n) is 3.97. The third-order valence-corrected chi connectivity index (χ3v) is 5.44. The summed E-state index contributed by atoms with van der Waals surface area (Å²) in [5.41, 5.74) is -0.202. The maximum absolute atomic E-state index is 13.6. The fraction of sp³-hybridized carbons (Fsp3) is 0.333. The molecule has 0 radical (unpaired) electrons. The number of unbranched alkanes of at least 4 members (excludes halogenated alkanes) is 1. The number of aromatic nitrogens is 4. The first-order valence-corrected chi connectivity index (χ1v) is 9.89. The zero-order chi connectivity index (χ0) is 19.6. The molecule has 27 heavy (non-hydrogen) atoms. The average Bonchev–Trinajstić information content (AvgIpc) is 3.08. The van der Waals surface area contributed by atoms with Crippen LogP contribution in [0.15, 0.2) is 35.5 Å². The molecule has 9 heteroatoms. The number of ether oxygens (including phenoxy) is 1. The van der Waals surface area contributed by atoms with E-state index >= 15 is 0 Å². The van der Waals surface area contributed by atoms with Gasteiger partial charge in [-0.05, 0) is 42.5 Å². The normalized spacial score (nSPS) is 13.1. The lowest BCUT2D eigenvalue weighted by molar-refractivity contribution is -0.142. The van der Waals surface area contributed by atoms with Gasteiger partial charge in [0.15, 0.2) is 5.69 Å². The van der Waals surface area contributed by atoms with Crippen LogP contribution in [-0.2, 0) is 6.18 Å². The quantitative estimate of drug-likeness (QED) is 0.568. The van der Waals surface area contributed by atoms with Gasteiger partial charge in [-0.3, -0.25) is 0 Å². The van der Waals surface area contributed by atoms with Crippen molar-refractivity contribution in [2.45, 2.75) is 31.1 Å². The largest absolute Gasteiger partial charge is 0.497 e. The Morgan fingerprint density at radius 3 is 2.48 bits per heavy atom. The summed E-state index contributed by atoms with van der Waals surface area (Å²) in [5.74, 6) is 5.26. The van der Waals surface area contributed by atoms with Crippen LogP contribution < -0.4 is 4.74 Å². The van der Waals surface area contributed by atoms with Gasteiger partial charge in [-0.25, -0.2) is 4.98 Å². The van der Waals surface area contributed by atoms with Crippen LogP contribution >= 0.6 is 10.5 Å². The average molecular weight is 396 g/mol. The van der Waals surface area contributed by atoms with Gasteiger partial charge >= 0.3 is 6.18 Å². The predicted octanol–water partition coefficient (Wildman–Crippen LogP) is 4.68. The number of fused-ring (bicyclic) bond motifs is 1. The lowest BCUT2D eigenvalue weighted by Gasteiger charge is -2.10. The van der Waals surface area contributed by atoms with Gasteiger partial charge in [0.2, 0.25) is 5.16 Å². The zero-order valence-corrected chi connectivity index (χ0v) is 15.8. The Hall–Kier alpha value is -2.42. The van der Waals surface area contributed by atoms with Crippen molar-refractivity contribution in [2.24, 2.45) is 0 Å². The molecule has 0 saturated carbocycles. The number of halogens is 3. The van der Waals surface area contributed by atoms with E-state index in [1.54, 1.807) is 24.3 Å². The first-order valence-electron chi connectivity index (χ1n) is 8.33. The van der Waals surface area contributed by atoms with E-state index < -0.39 is 22.4 Å². The molecule has 0 N–H and O–H groups in total. The molecule has 0 fully saturated rings. The molecule has 5 nitrogen and oxygen atoms in total. The van der Waals surface area contributed by atoms with E-state index in [2.05, 4.69) is 20.9 Å². The number of nitrogens with zero attached hydrogens (tertiary/aromatic N) is 4. The molecule has 2 aromatic heterocycles. The second-order valence-corrected chi connectivity index (χ2v) is 7.67. The Morgan fingerprint density at radius 1 is 1.19 bits per heavy atom. The Labute approximate surface area is 157 Å². The summed E-state index contributed by atoms with van der Waals surface area (Å²) >= 11 is 0. The number of hydrogen-bond acceptors (Lipinski definition) is 4. The van der Waals surface area contributed by atoms with Gasteiger partial charge in [0.1, 0.15) is 5.75 Å². The van der Waals surface area contributed by atoms with Crippen molar-refractivity contribution in [3.05, 3.63) is 36.0 Å². The number of hydrogen-bond donors (Lipinski definition) is 0. The van der Waals surface area contributed by atoms with Crippen molar-refractivity contribution in [3.8, 4) is 17.0 Å². The monoisotopic (exact) mass is 396 g/mol. The van der Waals surface area contributed by atoms with Gasteiger partial charge in [-0.1, -0.05) is 19.2 Å². The van der Waals surface area contributed by atoms with Crippen LogP contribution in [-0.4, -0.2) is 38.3 Å². The number of rotatable bonds is 6. The lowest BCUT2D eigenvalue weighted by atomic mass is 10.1. The molecule has 1 unspecified atom stereocenters. The number of benzene rings is 1. The van der Waals surface area contributed by atoms with Crippen molar-refractivity contribution in [2.75, 3.05) is 12.9 Å². The molecule has 0 aliphatic heterocycles. The molecule has 0 spiro atoms. The summed E-state index contributed by atoms with van der Waals surface area (Å²) in [6, 6.07) is 7.63. The van der Waals surface area contributed by atoms with Crippen molar-refractivity contribution in [1.82, 2.24) is 19.6 Å². The highest BCUT2D eigenvalue weighted by molar-refractivity contribution is 8.14. The maximum Gasteiger partial charge on any atom is 0.433 e. The minimum Gasteiger partial charge on any atom is -0.497 e. The molecular formula is C18H19F3N4OS. The second-order valence-electron chi connectivity index (χ2n) is 5.91. The van der Waals surface area contributed by atoms with Gasteiger partial charge < -0.3 is 4.74 Å². The van der Waals surface area contributed by atoms with Gasteiger partial charge in [-0.2, -0.15) is 22.7 Å². The number of alkyl halides is 3. The van der Waals surface area contributed by atoms with Crippen molar-refractivity contribution >= 4 is 22.1 Å². The van der Waals surface area contributed by atoms with Gasteiger partial charge in [0.25, 0.3) is 5.78 Å². The van der Waals surface area contributed by atoms with E-state index in [-0.39, 0.29) is 11.5 Å². The fourth-order valence-electron chi connectivity index (χ4n) is 2.49. The van der Waals surface area contributed by atoms with Crippen LogP contribution in [0.1, 0.15) is 25.5 Å². The molecule has 3 rings (SSSR count). The van der Waals surface area contributed by atoms with Crippen molar-refractivity contribution in [1.29, 1.82) is 0 Å². The highest BCUT2D eigenvalue weighted by Gasteiger charge is 2.35. The Balaban J connectivity index is 2.12. The highest BCUT2D eigenvalue weighted by Crippen LogP contribution is 2.33. The summed E-state index contributed by atoms with van der Waals surface area (Å²) in [6.45, 7) is 2.04. The summed E-state index contributed by atoms with van der Waals surface area (Å²) in [6.07, 6.45) is -2.70. The van der Waals surface area contributed by atoms with E-state index in [9.17, 15) is 13.2 Å². The van der Waals surface area contributed by atoms with Crippen LogP contribution in [0.2, 0.25) is 0 Å². The fourth-order valence-corrected chi connectivity index (χ4v) is 3.72. The Morgan fingerprint density at radius 2 is 1.89 bits per heavy atom. The molecule has 144 valence electrons. The summed E-state index contributed by atoms with van der Waals surface area (Å²) in [4.78, 5) is 8.51. The molecule has 3 aromatic rings. The molecule has 0 amide bonds. The molecular weight excluding hydrogens is 377 g/mol. The van der Waals surface area contributed by atoms with E-state index in [1.807, 2.05) is 6.92 Å². The Bertz CT molecular complexity index is 967. The lowest BCUT2D eigenvalue weighted by Crippen LogP contribution is -2.13. The van der Waals surface area contributed by atoms with E-state index in [1.165, 1.54) is 7.11 Å². The topological polar surface area (TPSA) is 52.3 Å². The van der Waals surface area contributed by atoms with E-state index in [0.717, 1.165) is 29.2 Å². The molecule has 0 aliphatic carbocycles. The standard InChI is InChI=1S/C18H19F3N4OS/c1-4-5-10-27(3)17-23-16-22-14(12-6-8-13(26-2)9-7-12)11-15(18(19,20)21)25(16)24-17/h6-9,11H,3-5,10H2,1-2H3. The minimum atomic E-state index is -4.59. The smallest absolute Gasteiger partial charge is 0.433 e. The third kappa shape index (κ3) is 4.13. The Kier molecular flexibility index (Phi) is 5.50. The highest BCUT2D eigenvalue weighted by atomic mass is 32.2. The van der Waals surface area contributed by atoms with Crippen LogP contribution in [0.5, 0.6) is 5.75 Å². The minimum absolute atomic E-state index is 0.0803. The van der Waals surface area contributed by atoms with Crippen molar-refractivity contribution in [3.63, 3.8) is 0 Å². The summed E-state index contributed by atoms with van der Waals surface area (Å²) in [7, 11) is 0.948. The summed E-state index contributed by atoms with van der Waals surface area (Å²) < 4.78 is 46.6. The van der Waals surface area contributed by atoms with Crippen molar-refractivity contribution < 1.29 is 17.9 Å². The molecule has 2 heterocycles. The van der Waals surface area contributed by atoms with Crippen LogP contribution in [0.25, 0.3) is 17.0 Å². The van der Waals surface area contributed by atoms with E-state index in [0.29, 0.717) is 16.5 Å². The molecule has 0 bridgehead atoms.